The maximum atomic E-state index is 12.7. The number of phenolic OH excluding ortho intramolecular Hbond substituents is 1. The number of benzene rings is 2. The second-order valence-corrected chi connectivity index (χ2v) is 6.58. The number of rotatable bonds is 8. The zero-order valence-electron chi connectivity index (χ0n) is 15.9. The van der Waals surface area contributed by atoms with Crippen LogP contribution in [-0.4, -0.2) is 45.4 Å². The van der Waals surface area contributed by atoms with Crippen LogP contribution in [0.5, 0.6) is 5.75 Å². The lowest BCUT2D eigenvalue weighted by Crippen LogP contribution is -2.49. The van der Waals surface area contributed by atoms with Crippen molar-refractivity contribution in [2.24, 2.45) is 10.9 Å². The SMILES string of the molecule is C[C@H](NN(C=NN)C(=O)c1ccc(C(=O)NCc2cccc(O)c2)cc1Cl)C(=O)O. The lowest BCUT2D eigenvalue weighted by Gasteiger charge is -2.21. The number of carboxylic acid groups (broad SMARTS) is 1. The highest BCUT2D eigenvalue weighted by molar-refractivity contribution is 6.34. The van der Waals surface area contributed by atoms with Crippen molar-refractivity contribution in [1.29, 1.82) is 0 Å². The van der Waals surface area contributed by atoms with Gasteiger partial charge in [-0.2, -0.15) is 5.10 Å². The number of hydrazine groups is 1. The van der Waals surface area contributed by atoms with E-state index < -0.39 is 23.8 Å². The smallest absolute Gasteiger partial charge is 0.322 e. The minimum Gasteiger partial charge on any atom is -0.508 e. The largest absolute Gasteiger partial charge is 0.508 e. The van der Waals surface area contributed by atoms with Gasteiger partial charge >= 0.3 is 5.97 Å². The molecule has 1 atom stereocenters. The molecule has 2 amide bonds. The number of nitrogens with zero attached hydrogens (tertiary/aromatic N) is 2. The van der Waals surface area contributed by atoms with Gasteiger partial charge in [-0.15, -0.1) is 0 Å². The molecular weight excluding hydrogens is 414 g/mol. The molecular formula is C19H20ClN5O5. The Morgan fingerprint density at radius 3 is 2.60 bits per heavy atom. The quantitative estimate of drug-likeness (QED) is 0.181. The second kappa shape index (κ2) is 10.2. The van der Waals surface area contributed by atoms with Crippen LogP contribution in [0.2, 0.25) is 5.02 Å². The van der Waals surface area contributed by atoms with Gasteiger partial charge in [0.1, 0.15) is 18.1 Å². The van der Waals surface area contributed by atoms with Crippen LogP contribution in [-0.2, 0) is 11.3 Å². The Morgan fingerprint density at radius 1 is 1.27 bits per heavy atom. The predicted molar refractivity (Wildman–Crippen MR) is 110 cm³/mol. The predicted octanol–water partition coefficient (Wildman–Crippen LogP) is 1.30. The molecule has 0 aliphatic carbocycles. The number of aliphatic carboxylic acids is 1. The maximum Gasteiger partial charge on any atom is 0.322 e. The third-order valence-electron chi connectivity index (χ3n) is 3.93. The summed E-state index contributed by atoms with van der Waals surface area (Å²) in [5, 5.41) is 25.1. The molecule has 30 heavy (non-hydrogen) atoms. The van der Waals surface area contributed by atoms with E-state index in [1.165, 1.54) is 37.3 Å². The van der Waals surface area contributed by atoms with E-state index >= 15 is 0 Å². The average molecular weight is 434 g/mol. The lowest BCUT2D eigenvalue weighted by molar-refractivity contribution is -0.139. The van der Waals surface area contributed by atoms with Crippen LogP contribution in [0.4, 0.5) is 0 Å². The topological polar surface area (TPSA) is 157 Å². The Bertz CT molecular complexity index is 982. The van der Waals surface area contributed by atoms with Gasteiger partial charge in [-0.3, -0.25) is 14.4 Å². The third kappa shape index (κ3) is 5.93. The Kier molecular flexibility index (Phi) is 7.73. The number of phenols is 1. The van der Waals surface area contributed by atoms with Crippen LogP contribution in [0.1, 0.15) is 33.2 Å². The van der Waals surface area contributed by atoms with Crippen molar-refractivity contribution in [1.82, 2.24) is 15.8 Å². The molecule has 2 aromatic rings. The van der Waals surface area contributed by atoms with Crippen molar-refractivity contribution in [3.8, 4) is 5.75 Å². The first kappa shape index (κ1) is 22.7. The highest BCUT2D eigenvalue weighted by Crippen LogP contribution is 2.20. The Labute approximate surface area is 176 Å². The van der Waals surface area contributed by atoms with E-state index in [1.807, 2.05) is 0 Å². The first-order valence-corrected chi connectivity index (χ1v) is 9.02. The van der Waals surface area contributed by atoms with Crippen LogP contribution in [0.3, 0.4) is 0 Å². The number of nitrogens with two attached hydrogens (primary N) is 1. The molecule has 2 aromatic carbocycles. The highest BCUT2D eigenvalue weighted by atomic mass is 35.5. The van der Waals surface area contributed by atoms with Crippen LogP contribution >= 0.6 is 11.6 Å². The molecule has 0 unspecified atom stereocenters. The number of hydrazone groups is 1. The summed E-state index contributed by atoms with van der Waals surface area (Å²) in [6.45, 7) is 1.51. The van der Waals surface area contributed by atoms with Crippen LogP contribution in [0.25, 0.3) is 0 Å². The molecule has 0 radical (unpaired) electrons. The van der Waals surface area contributed by atoms with E-state index in [0.29, 0.717) is 5.56 Å². The molecule has 0 aliphatic rings. The van der Waals surface area contributed by atoms with E-state index in [-0.39, 0.29) is 28.4 Å². The van der Waals surface area contributed by atoms with Crippen molar-refractivity contribution >= 4 is 35.7 Å². The van der Waals surface area contributed by atoms with E-state index in [0.717, 1.165) is 11.3 Å². The molecule has 158 valence electrons. The van der Waals surface area contributed by atoms with Crippen molar-refractivity contribution in [3.63, 3.8) is 0 Å². The van der Waals surface area contributed by atoms with Crippen molar-refractivity contribution in [3.05, 3.63) is 64.2 Å². The number of amides is 2. The number of carbonyl (C=O) groups excluding carboxylic acids is 2. The average Bonchev–Trinajstić information content (AvgIpc) is 2.71. The second-order valence-electron chi connectivity index (χ2n) is 6.18. The number of carbonyl (C=O) groups is 3. The summed E-state index contributed by atoms with van der Waals surface area (Å²) in [4.78, 5) is 36.0. The van der Waals surface area contributed by atoms with Gasteiger partial charge in [0.25, 0.3) is 11.8 Å². The summed E-state index contributed by atoms with van der Waals surface area (Å²) in [7, 11) is 0. The number of aromatic hydroxyl groups is 1. The van der Waals surface area contributed by atoms with Gasteiger partial charge < -0.3 is 21.4 Å². The molecule has 0 heterocycles. The molecule has 0 bridgehead atoms. The zero-order valence-corrected chi connectivity index (χ0v) is 16.6. The van der Waals surface area contributed by atoms with Crippen LogP contribution < -0.4 is 16.6 Å². The van der Waals surface area contributed by atoms with Gasteiger partial charge in [0.15, 0.2) is 0 Å². The molecule has 11 heteroatoms. The molecule has 0 aromatic heterocycles. The lowest BCUT2D eigenvalue weighted by atomic mass is 10.1. The van der Waals surface area contributed by atoms with Gasteiger partial charge in [-0.25, -0.2) is 10.4 Å². The van der Waals surface area contributed by atoms with E-state index in [9.17, 15) is 19.5 Å². The molecule has 0 saturated heterocycles. The minimum absolute atomic E-state index is 0.00573. The van der Waals surface area contributed by atoms with Crippen molar-refractivity contribution in [2.45, 2.75) is 19.5 Å². The normalized spacial score (nSPS) is 11.8. The number of hydrogen-bond donors (Lipinski definition) is 5. The van der Waals surface area contributed by atoms with Crippen LogP contribution in [0.15, 0.2) is 47.6 Å². The van der Waals surface area contributed by atoms with Gasteiger partial charge in [-0.1, -0.05) is 23.7 Å². The molecule has 0 aliphatic heterocycles. The summed E-state index contributed by atoms with van der Waals surface area (Å²) in [6, 6.07) is 9.38. The Hall–Kier alpha value is -3.63. The maximum absolute atomic E-state index is 12.7. The Morgan fingerprint density at radius 2 is 2.00 bits per heavy atom. The molecule has 2 rings (SSSR count). The molecule has 10 nitrogen and oxygen atoms in total. The summed E-state index contributed by atoms with van der Waals surface area (Å²) < 4.78 is 0. The van der Waals surface area contributed by atoms with Crippen LogP contribution in [0, 0.1) is 0 Å². The number of hydrogen-bond acceptors (Lipinski definition) is 7. The number of nitrogens with one attached hydrogen (secondary N) is 2. The monoisotopic (exact) mass is 433 g/mol. The summed E-state index contributed by atoms with van der Waals surface area (Å²) in [6.07, 6.45) is 0.911. The standard InChI is InChI=1S/C19H20ClN5O5/c1-11(19(29)30)24-25(10-23-21)18(28)15-6-5-13(8-16(15)20)17(27)22-9-12-3-2-4-14(26)7-12/h2-8,10-11,24,26H,9,21H2,1H3,(H,22,27)(H,29,30)/t11-/m0/s1. The number of halogens is 1. The highest BCUT2D eigenvalue weighted by Gasteiger charge is 2.22. The third-order valence-corrected chi connectivity index (χ3v) is 4.24. The first-order chi connectivity index (χ1) is 14.2. The molecule has 0 spiro atoms. The van der Waals surface area contributed by atoms with Gasteiger partial charge in [-0.05, 0) is 42.8 Å². The summed E-state index contributed by atoms with van der Waals surface area (Å²) in [5.74, 6) is 2.82. The summed E-state index contributed by atoms with van der Waals surface area (Å²) in [5.41, 5.74) is 3.34. The van der Waals surface area contributed by atoms with E-state index in [1.54, 1.807) is 12.1 Å². The fraction of sp³-hybridized carbons (Fsp3) is 0.158. The fourth-order valence-electron chi connectivity index (χ4n) is 2.39. The minimum atomic E-state index is -1.19. The van der Waals surface area contributed by atoms with E-state index in [4.69, 9.17) is 22.6 Å². The van der Waals surface area contributed by atoms with E-state index in [2.05, 4.69) is 15.8 Å². The van der Waals surface area contributed by atoms with Crippen molar-refractivity contribution in [2.75, 3.05) is 0 Å². The van der Waals surface area contributed by atoms with Gasteiger partial charge in [0.05, 0.1) is 10.6 Å². The molecule has 6 N–H and O–H groups in total. The van der Waals surface area contributed by atoms with Gasteiger partial charge in [0, 0.05) is 12.1 Å². The first-order valence-electron chi connectivity index (χ1n) is 8.64. The molecule has 0 saturated carbocycles. The molecule has 0 fully saturated rings. The fourth-order valence-corrected chi connectivity index (χ4v) is 2.65. The van der Waals surface area contributed by atoms with Gasteiger partial charge in [0.2, 0.25) is 0 Å². The zero-order chi connectivity index (χ0) is 22.3. The number of carboxylic acids is 1. The summed E-state index contributed by atoms with van der Waals surface area (Å²) >= 11 is 6.17. The Balaban J connectivity index is 2.13. The van der Waals surface area contributed by atoms with Crippen molar-refractivity contribution < 1.29 is 24.6 Å².